The van der Waals surface area contributed by atoms with Gasteiger partial charge in [0.15, 0.2) is 0 Å². The first kappa shape index (κ1) is 12.7. The summed E-state index contributed by atoms with van der Waals surface area (Å²) in [6, 6.07) is 4.72. The van der Waals surface area contributed by atoms with E-state index in [-0.39, 0.29) is 5.82 Å². The van der Waals surface area contributed by atoms with Gasteiger partial charge in [-0.2, -0.15) is 0 Å². The van der Waals surface area contributed by atoms with Gasteiger partial charge in [0.05, 0.1) is 5.69 Å². The predicted octanol–water partition coefficient (Wildman–Crippen LogP) is 2.72. The van der Waals surface area contributed by atoms with Crippen LogP contribution in [0.3, 0.4) is 0 Å². The molecule has 94 valence electrons. The lowest BCUT2D eigenvalue weighted by Gasteiger charge is -2.12. The molecule has 0 aliphatic carbocycles. The van der Waals surface area contributed by atoms with Gasteiger partial charge in [-0.25, -0.2) is 20.2 Å². The first-order chi connectivity index (χ1) is 8.63. The molecule has 4 N–H and O–H groups in total. The molecule has 0 saturated carbocycles. The van der Waals surface area contributed by atoms with Crippen LogP contribution in [0.25, 0.3) is 0 Å². The maximum Gasteiger partial charge on any atom is 0.148 e. The van der Waals surface area contributed by atoms with E-state index >= 15 is 0 Å². The fourth-order valence-corrected chi connectivity index (χ4v) is 1.90. The van der Waals surface area contributed by atoms with Crippen LogP contribution in [0, 0.1) is 12.7 Å². The zero-order chi connectivity index (χ0) is 13.1. The molecule has 0 aliphatic heterocycles. The van der Waals surface area contributed by atoms with E-state index in [4.69, 9.17) is 5.84 Å². The van der Waals surface area contributed by atoms with Crippen LogP contribution >= 0.6 is 15.9 Å². The number of hydrogen-bond donors (Lipinski definition) is 3. The average molecular weight is 312 g/mol. The largest absolute Gasteiger partial charge is 0.337 e. The molecule has 7 heteroatoms. The van der Waals surface area contributed by atoms with Gasteiger partial charge in [-0.3, -0.25) is 0 Å². The third kappa shape index (κ3) is 2.41. The Kier molecular flexibility index (Phi) is 3.73. The Labute approximate surface area is 112 Å². The lowest BCUT2D eigenvalue weighted by Crippen LogP contribution is -2.12. The quantitative estimate of drug-likeness (QED) is 0.600. The third-order valence-corrected chi connectivity index (χ3v) is 3.09. The lowest BCUT2D eigenvalue weighted by molar-refractivity contribution is 0.631. The van der Waals surface area contributed by atoms with E-state index in [1.54, 1.807) is 19.1 Å². The zero-order valence-electron chi connectivity index (χ0n) is 9.54. The minimum atomic E-state index is -0.371. The van der Waals surface area contributed by atoms with Crippen molar-refractivity contribution in [3.8, 4) is 0 Å². The molecule has 0 saturated heterocycles. The van der Waals surface area contributed by atoms with Gasteiger partial charge in [-0.15, -0.1) is 0 Å². The summed E-state index contributed by atoms with van der Waals surface area (Å²) in [5.41, 5.74) is 3.48. The molecular weight excluding hydrogens is 301 g/mol. The number of aromatic nitrogens is 2. The minimum Gasteiger partial charge on any atom is -0.337 e. The Morgan fingerprint density at radius 2 is 2.00 bits per heavy atom. The average Bonchev–Trinajstić information content (AvgIpc) is 2.36. The van der Waals surface area contributed by atoms with E-state index in [9.17, 15) is 4.39 Å². The highest BCUT2D eigenvalue weighted by molar-refractivity contribution is 9.10. The molecule has 0 fully saturated rings. The van der Waals surface area contributed by atoms with Crippen molar-refractivity contribution in [3.05, 3.63) is 40.4 Å². The molecule has 0 aliphatic rings. The fraction of sp³-hybridized carbons (Fsp3) is 0.0909. The number of halogens is 2. The summed E-state index contributed by atoms with van der Waals surface area (Å²) in [5, 5.41) is 2.91. The summed E-state index contributed by atoms with van der Waals surface area (Å²) < 4.78 is 14.3. The van der Waals surface area contributed by atoms with Crippen LogP contribution in [0.2, 0.25) is 0 Å². The fourth-order valence-electron chi connectivity index (χ4n) is 1.46. The van der Waals surface area contributed by atoms with Crippen molar-refractivity contribution in [2.75, 3.05) is 10.7 Å². The molecule has 0 amide bonds. The van der Waals surface area contributed by atoms with Gasteiger partial charge >= 0.3 is 0 Å². The topological polar surface area (TPSA) is 75.9 Å². The SMILES string of the molecule is Cc1c(NN)ncnc1Nc1c(F)cccc1Br. The summed E-state index contributed by atoms with van der Waals surface area (Å²) >= 11 is 3.28. The number of benzene rings is 1. The highest BCUT2D eigenvalue weighted by Gasteiger charge is 2.11. The van der Waals surface area contributed by atoms with E-state index in [2.05, 4.69) is 36.6 Å². The first-order valence-corrected chi connectivity index (χ1v) is 5.92. The maximum atomic E-state index is 13.7. The number of hydrogen-bond acceptors (Lipinski definition) is 5. The summed E-state index contributed by atoms with van der Waals surface area (Å²) in [5.74, 6) is 5.93. The highest BCUT2D eigenvalue weighted by Crippen LogP contribution is 2.29. The Balaban J connectivity index is 2.40. The Morgan fingerprint density at radius 1 is 1.28 bits per heavy atom. The molecule has 0 unspecified atom stereocenters. The molecule has 1 heterocycles. The molecule has 18 heavy (non-hydrogen) atoms. The van der Waals surface area contributed by atoms with Crippen LogP contribution in [-0.4, -0.2) is 9.97 Å². The van der Waals surface area contributed by atoms with Crippen molar-refractivity contribution in [1.29, 1.82) is 0 Å². The molecule has 0 atom stereocenters. The summed E-state index contributed by atoms with van der Waals surface area (Å²) in [6.07, 6.45) is 1.35. The smallest absolute Gasteiger partial charge is 0.148 e. The number of nitrogens with one attached hydrogen (secondary N) is 2. The van der Waals surface area contributed by atoms with Gasteiger partial charge in [0, 0.05) is 10.0 Å². The number of nitrogens with zero attached hydrogens (tertiary/aromatic N) is 2. The minimum absolute atomic E-state index is 0.322. The second kappa shape index (κ2) is 5.28. The molecule has 2 aromatic rings. The summed E-state index contributed by atoms with van der Waals surface area (Å²) in [7, 11) is 0. The van der Waals surface area contributed by atoms with Gasteiger partial charge in [-0.1, -0.05) is 6.07 Å². The van der Waals surface area contributed by atoms with Crippen LogP contribution in [0.1, 0.15) is 5.56 Å². The second-order valence-electron chi connectivity index (χ2n) is 3.56. The molecule has 5 nitrogen and oxygen atoms in total. The van der Waals surface area contributed by atoms with E-state index in [1.807, 2.05) is 0 Å². The second-order valence-corrected chi connectivity index (χ2v) is 4.42. The molecule has 0 spiro atoms. The molecule has 2 rings (SSSR count). The Morgan fingerprint density at radius 3 is 2.67 bits per heavy atom. The molecule has 0 bridgehead atoms. The summed E-state index contributed by atoms with van der Waals surface area (Å²) in [4.78, 5) is 8.01. The van der Waals surface area contributed by atoms with Gasteiger partial charge in [0.2, 0.25) is 0 Å². The van der Waals surface area contributed by atoms with Crippen molar-refractivity contribution in [3.63, 3.8) is 0 Å². The van der Waals surface area contributed by atoms with E-state index < -0.39 is 0 Å². The standard InChI is InChI=1S/C11H11BrFN5/c1-6-10(15-5-16-11(6)18-14)17-9-7(12)3-2-4-8(9)13/h2-5H,14H2,1H3,(H2,15,16,17,18). The van der Waals surface area contributed by atoms with Crippen molar-refractivity contribution < 1.29 is 4.39 Å². The van der Waals surface area contributed by atoms with Crippen molar-refractivity contribution in [2.24, 2.45) is 5.84 Å². The van der Waals surface area contributed by atoms with Crippen LogP contribution < -0.4 is 16.6 Å². The predicted molar refractivity (Wildman–Crippen MR) is 72.0 cm³/mol. The molecule has 1 aromatic carbocycles. The normalized spacial score (nSPS) is 10.2. The number of nitrogens with two attached hydrogens (primary N) is 1. The lowest BCUT2D eigenvalue weighted by atomic mass is 10.2. The number of nitrogen functional groups attached to an aromatic ring is 1. The Hall–Kier alpha value is -1.73. The van der Waals surface area contributed by atoms with Crippen LogP contribution in [0.5, 0.6) is 0 Å². The molecule has 1 aromatic heterocycles. The van der Waals surface area contributed by atoms with Crippen LogP contribution in [0.4, 0.5) is 21.7 Å². The van der Waals surface area contributed by atoms with Crippen LogP contribution in [0.15, 0.2) is 29.0 Å². The van der Waals surface area contributed by atoms with Gasteiger partial charge < -0.3 is 10.7 Å². The first-order valence-electron chi connectivity index (χ1n) is 5.12. The molecular formula is C11H11BrFN5. The number of hydrazine groups is 1. The van der Waals surface area contributed by atoms with Gasteiger partial charge in [-0.05, 0) is 35.0 Å². The highest BCUT2D eigenvalue weighted by atomic mass is 79.9. The van der Waals surface area contributed by atoms with Crippen molar-refractivity contribution in [2.45, 2.75) is 6.92 Å². The van der Waals surface area contributed by atoms with Crippen molar-refractivity contribution in [1.82, 2.24) is 9.97 Å². The summed E-state index contributed by atoms with van der Waals surface area (Å²) in [6.45, 7) is 1.78. The Bertz CT molecular complexity index is 555. The van der Waals surface area contributed by atoms with E-state index in [0.717, 1.165) is 0 Å². The number of anilines is 3. The van der Waals surface area contributed by atoms with Gasteiger partial charge in [0.1, 0.15) is 23.8 Å². The third-order valence-electron chi connectivity index (χ3n) is 2.43. The van der Waals surface area contributed by atoms with Crippen molar-refractivity contribution >= 4 is 33.3 Å². The maximum absolute atomic E-state index is 13.7. The number of para-hydroxylation sites is 1. The number of rotatable bonds is 3. The zero-order valence-corrected chi connectivity index (χ0v) is 11.1. The monoisotopic (exact) mass is 311 g/mol. The van der Waals surface area contributed by atoms with E-state index in [1.165, 1.54) is 12.4 Å². The van der Waals surface area contributed by atoms with Gasteiger partial charge in [0.25, 0.3) is 0 Å². The van der Waals surface area contributed by atoms with Crippen LogP contribution in [-0.2, 0) is 0 Å². The van der Waals surface area contributed by atoms with E-state index in [0.29, 0.717) is 27.4 Å². The molecule has 0 radical (unpaired) electrons.